The first-order valence-corrected chi connectivity index (χ1v) is 6.82. The molecule has 0 atom stereocenters. The Morgan fingerprint density at radius 3 is 2.62 bits per heavy atom. The molecule has 0 spiro atoms. The Morgan fingerprint density at radius 2 is 1.90 bits per heavy atom. The highest BCUT2D eigenvalue weighted by Gasteiger charge is 2.28. The van der Waals surface area contributed by atoms with Gasteiger partial charge in [0.2, 0.25) is 0 Å². The van der Waals surface area contributed by atoms with Crippen LogP contribution >= 0.6 is 0 Å². The monoisotopic (exact) mass is 281 g/mol. The molecule has 1 N–H and O–H groups in total. The highest BCUT2D eigenvalue weighted by molar-refractivity contribution is 6.51. The molecule has 106 valence electrons. The molecule has 3 rings (SSSR count). The zero-order valence-electron chi connectivity index (χ0n) is 11.7. The molecule has 21 heavy (non-hydrogen) atoms. The lowest BCUT2D eigenvalue weighted by molar-refractivity contribution is -0.112. The average molecular weight is 281 g/mol. The van der Waals surface area contributed by atoms with Crippen LogP contribution < -0.4 is 10.2 Å². The van der Waals surface area contributed by atoms with Crippen LogP contribution in [0.5, 0.6) is 0 Å². The lowest BCUT2D eigenvalue weighted by Crippen LogP contribution is -2.22. The van der Waals surface area contributed by atoms with E-state index in [2.05, 4.69) is 22.1 Å². The lowest BCUT2D eigenvalue weighted by atomic mass is 10.1. The molecule has 0 radical (unpaired) electrons. The summed E-state index contributed by atoms with van der Waals surface area (Å²) < 4.78 is 0. The van der Waals surface area contributed by atoms with Crippen molar-refractivity contribution in [1.29, 1.82) is 0 Å². The largest absolute Gasteiger partial charge is 0.367 e. The topological polar surface area (TPSA) is 62.3 Å². The van der Waals surface area contributed by atoms with Crippen molar-refractivity contribution in [3.63, 3.8) is 0 Å². The molecule has 0 saturated carbocycles. The molecule has 1 amide bonds. The SMILES string of the molecule is CCN(Cc1ccncc1)c1ccc2c(c1)NC(=O)C2=O. The smallest absolute Gasteiger partial charge is 0.296 e. The summed E-state index contributed by atoms with van der Waals surface area (Å²) in [6.45, 7) is 3.64. The van der Waals surface area contributed by atoms with Gasteiger partial charge in [-0.1, -0.05) is 0 Å². The van der Waals surface area contributed by atoms with Gasteiger partial charge in [0.25, 0.3) is 11.7 Å². The maximum atomic E-state index is 11.6. The predicted molar refractivity (Wildman–Crippen MR) is 80.4 cm³/mol. The Hall–Kier alpha value is -2.69. The molecule has 2 aromatic rings. The number of amides is 1. The number of Topliss-reactive ketones (excluding diaryl/α,β-unsaturated/α-hetero) is 1. The number of anilines is 2. The van der Waals surface area contributed by atoms with Crippen LogP contribution in [0.15, 0.2) is 42.7 Å². The standard InChI is InChI=1S/C16H15N3O2/c1-2-19(10-11-5-7-17-8-6-11)12-3-4-13-14(9-12)18-16(21)15(13)20/h3-9H,2,10H2,1H3,(H,18,20,21). The summed E-state index contributed by atoms with van der Waals surface area (Å²) in [5.74, 6) is -1.02. The van der Waals surface area contributed by atoms with E-state index in [1.165, 1.54) is 0 Å². The number of hydrogen-bond donors (Lipinski definition) is 1. The van der Waals surface area contributed by atoms with Crippen LogP contribution in [0.3, 0.4) is 0 Å². The molecule has 1 aliphatic heterocycles. The fourth-order valence-corrected chi connectivity index (χ4v) is 2.43. The lowest BCUT2D eigenvalue weighted by Gasteiger charge is -2.23. The van der Waals surface area contributed by atoms with Crippen molar-refractivity contribution >= 4 is 23.1 Å². The second kappa shape index (κ2) is 5.36. The second-order valence-electron chi connectivity index (χ2n) is 4.88. The van der Waals surface area contributed by atoms with Gasteiger partial charge in [0.05, 0.1) is 11.3 Å². The summed E-state index contributed by atoms with van der Waals surface area (Å²) in [5, 5.41) is 2.61. The third kappa shape index (κ3) is 2.50. The molecule has 0 fully saturated rings. The highest BCUT2D eigenvalue weighted by Crippen LogP contribution is 2.28. The molecule has 5 nitrogen and oxygen atoms in total. The van der Waals surface area contributed by atoms with Gasteiger partial charge in [-0.05, 0) is 42.8 Å². The van der Waals surface area contributed by atoms with Crippen LogP contribution in [0.4, 0.5) is 11.4 Å². The maximum Gasteiger partial charge on any atom is 0.296 e. The summed E-state index contributed by atoms with van der Waals surface area (Å²) >= 11 is 0. The number of carbonyl (C=O) groups excluding carboxylic acids is 2. The minimum atomic E-state index is -0.556. The van der Waals surface area contributed by atoms with E-state index in [0.717, 1.165) is 24.3 Å². The molecular formula is C16H15N3O2. The fraction of sp³-hybridized carbons (Fsp3) is 0.188. The van der Waals surface area contributed by atoms with Crippen molar-refractivity contribution in [2.75, 3.05) is 16.8 Å². The van der Waals surface area contributed by atoms with Crippen molar-refractivity contribution in [3.05, 3.63) is 53.9 Å². The highest BCUT2D eigenvalue weighted by atomic mass is 16.2. The number of pyridine rings is 1. The van der Waals surface area contributed by atoms with Gasteiger partial charge in [-0.25, -0.2) is 0 Å². The summed E-state index contributed by atoms with van der Waals surface area (Å²) in [6, 6.07) is 9.38. The number of carbonyl (C=O) groups is 2. The third-order valence-electron chi connectivity index (χ3n) is 3.57. The van der Waals surface area contributed by atoms with Crippen LogP contribution in [0, 0.1) is 0 Å². The number of nitrogens with one attached hydrogen (secondary N) is 1. The molecule has 1 aliphatic rings. The van der Waals surface area contributed by atoms with Crippen molar-refractivity contribution in [1.82, 2.24) is 4.98 Å². The fourth-order valence-electron chi connectivity index (χ4n) is 2.43. The summed E-state index contributed by atoms with van der Waals surface area (Å²) in [7, 11) is 0. The second-order valence-corrected chi connectivity index (χ2v) is 4.88. The van der Waals surface area contributed by atoms with Gasteiger partial charge in [0.15, 0.2) is 0 Å². The number of nitrogens with zero attached hydrogens (tertiary/aromatic N) is 2. The molecule has 1 aromatic heterocycles. The molecule has 0 unspecified atom stereocenters. The number of benzene rings is 1. The Bertz CT molecular complexity index is 698. The molecule has 5 heteroatoms. The van der Waals surface area contributed by atoms with Gasteiger partial charge >= 0.3 is 0 Å². The van der Waals surface area contributed by atoms with Crippen LogP contribution in [0.1, 0.15) is 22.8 Å². The van der Waals surface area contributed by atoms with Crippen LogP contribution in [0.25, 0.3) is 0 Å². The molecule has 0 bridgehead atoms. The van der Waals surface area contributed by atoms with Crippen molar-refractivity contribution in [2.24, 2.45) is 0 Å². The van der Waals surface area contributed by atoms with Gasteiger partial charge in [-0.3, -0.25) is 14.6 Å². The van der Waals surface area contributed by atoms with Crippen molar-refractivity contribution < 1.29 is 9.59 Å². The molecule has 1 aromatic carbocycles. The van der Waals surface area contributed by atoms with E-state index in [0.29, 0.717) is 11.3 Å². The normalized spacial score (nSPS) is 13.0. The summed E-state index contributed by atoms with van der Waals surface area (Å²) in [5.41, 5.74) is 3.18. The van der Waals surface area contributed by atoms with Crippen LogP contribution in [-0.2, 0) is 11.3 Å². The minimum Gasteiger partial charge on any atom is -0.367 e. The minimum absolute atomic E-state index is 0.448. The van der Waals surface area contributed by atoms with Gasteiger partial charge in [0, 0.05) is 31.2 Å². The summed E-state index contributed by atoms with van der Waals surface area (Å²) in [4.78, 5) is 29.2. The molecule has 0 saturated heterocycles. The van der Waals surface area contributed by atoms with E-state index in [-0.39, 0.29) is 0 Å². The molecular weight excluding hydrogens is 266 g/mol. The van der Waals surface area contributed by atoms with Gasteiger partial charge in [-0.15, -0.1) is 0 Å². The number of aromatic nitrogens is 1. The Kier molecular flexibility index (Phi) is 3.39. The Labute approximate surface area is 122 Å². The van der Waals surface area contributed by atoms with E-state index < -0.39 is 11.7 Å². The molecule has 2 heterocycles. The van der Waals surface area contributed by atoms with Crippen molar-refractivity contribution in [3.8, 4) is 0 Å². The van der Waals surface area contributed by atoms with Crippen molar-refractivity contribution in [2.45, 2.75) is 13.5 Å². The summed E-state index contributed by atoms with van der Waals surface area (Å²) in [6.07, 6.45) is 3.54. The number of fused-ring (bicyclic) bond motifs is 1. The first kappa shape index (κ1) is 13.3. The number of hydrogen-bond acceptors (Lipinski definition) is 4. The van der Waals surface area contributed by atoms with E-state index >= 15 is 0 Å². The zero-order valence-corrected chi connectivity index (χ0v) is 11.7. The zero-order chi connectivity index (χ0) is 14.8. The quantitative estimate of drug-likeness (QED) is 0.873. The average Bonchev–Trinajstić information content (AvgIpc) is 2.80. The first-order valence-electron chi connectivity index (χ1n) is 6.82. The van der Waals surface area contributed by atoms with E-state index in [1.807, 2.05) is 24.3 Å². The van der Waals surface area contributed by atoms with Gasteiger partial charge < -0.3 is 10.2 Å². The van der Waals surface area contributed by atoms with E-state index in [4.69, 9.17) is 0 Å². The Morgan fingerprint density at radius 1 is 1.14 bits per heavy atom. The number of rotatable bonds is 4. The maximum absolute atomic E-state index is 11.6. The van der Waals surface area contributed by atoms with Crippen LogP contribution in [0.2, 0.25) is 0 Å². The first-order chi connectivity index (χ1) is 10.2. The van der Waals surface area contributed by atoms with Gasteiger partial charge in [-0.2, -0.15) is 0 Å². The Balaban J connectivity index is 1.87. The van der Waals surface area contributed by atoms with Crippen LogP contribution in [-0.4, -0.2) is 23.2 Å². The third-order valence-corrected chi connectivity index (χ3v) is 3.57. The van der Waals surface area contributed by atoms with E-state index in [1.54, 1.807) is 18.5 Å². The molecule has 0 aliphatic carbocycles. The van der Waals surface area contributed by atoms with E-state index in [9.17, 15) is 9.59 Å². The predicted octanol–water partition coefficient (Wildman–Crippen LogP) is 2.24. The number of ketones is 1. The van der Waals surface area contributed by atoms with Gasteiger partial charge in [0.1, 0.15) is 0 Å².